The van der Waals surface area contributed by atoms with Crippen molar-refractivity contribution in [2.24, 2.45) is 10.7 Å². The lowest BCUT2D eigenvalue weighted by Gasteiger charge is -2.21. The summed E-state index contributed by atoms with van der Waals surface area (Å²) in [6.07, 6.45) is 6.44. The Labute approximate surface area is 80.9 Å². The Morgan fingerprint density at radius 3 is 2.38 bits per heavy atom. The van der Waals surface area contributed by atoms with Gasteiger partial charge in [-0.25, -0.2) is 0 Å². The summed E-state index contributed by atoms with van der Waals surface area (Å²) in [6.45, 7) is 6.38. The molecule has 2 nitrogen and oxygen atoms in total. The molecular formula is C11H20N2. The highest BCUT2D eigenvalue weighted by molar-refractivity contribution is 6.00. The van der Waals surface area contributed by atoms with Crippen molar-refractivity contribution in [1.82, 2.24) is 0 Å². The molecule has 0 aromatic carbocycles. The van der Waals surface area contributed by atoms with E-state index >= 15 is 0 Å². The molecule has 0 aromatic rings. The third-order valence-electron chi connectivity index (χ3n) is 2.15. The summed E-state index contributed by atoms with van der Waals surface area (Å²) in [5.74, 6) is 0. The van der Waals surface area contributed by atoms with Crippen LogP contribution in [-0.2, 0) is 0 Å². The van der Waals surface area contributed by atoms with E-state index in [0.717, 1.165) is 12.8 Å². The summed E-state index contributed by atoms with van der Waals surface area (Å²) in [5, 5.41) is 0. The Hall–Kier alpha value is -0.790. The first-order valence-corrected chi connectivity index (χ1v) is 5.03. The second kappa shape index (κ2) is 3.95. The van der Waals surface area contributed by atoms with Gasteiger partial charge in [-0.2, -0.15) is 0 Å². The van der Waals surface area contributed by atoms with Crippen LogP contribution in [0.3, 0.4) is 0 Å². The number of nitrogens with two attached hydrogens (primary N) is 1. The fourth-order valence-electron chi connectivity index (χ4n) is 1.62. The smallest absolute Gasteiger partial charge is 0.0527 e. The third kappa shape index (κ3) is 3.21. The summed E-state index contributed by atoms with van der Waals surface area (Å²) in [4.78, 5) is 4.69. The highest BCUT2D eigenvalue weighted by Gasteiger charge is 2.16. The van der Waals surface area contributed by atoms with Crippen LogP contribution in [0.25, 0.3) is 0 Å². The minimum Gasteiger partial charge on any atom is -0.404 e. The molecule has 0 radical (unpaired) electrons. The molecule has 1 saturated carbocycles. The average Bonchev–Trinajstić information content (AvgIpc) is 2.02. The molecule has 1 rings (SSSR count). The van der Waals surface area contributed by atoms with Crippen molar-refractivity contribution in [1.29, 1.82) is 0 Å². The van der Waals surface area contributed by atoms with E-state index in [-0.39, 0.29) is 5.54 Å². The third-order valence-corrected chi connectivity index (χ3v) is 2.15. The SMILES string of the molecule is CC(C)(C)N=C1CCCCC1=CN. The van der Waals surface area contributed by atoms with Gasteiger partial charge in [0.1, 0.15) is 0 Å². The van der Waals surface area contributed by atoms with Gasteiger partial charge in [-0.1, -0.05) is 0 Å². The zero-order valence-corrected chi connectivity index (χ0v) is 8.93. The van der Waals surface area contributed by atoms with Crippen LogP contribution < -0.4 is 5.73 Å². The van der Waals surface area contributed by atoms with Gasteiger partial charge in [-0.15, -0.1) is 0 Å². The molecule has 0 heterocycles. The van der Waals surface area contributed by atoms with E-state index < -0.39 is 0 Å². The van der Waals surface area contributed by atoms with Gasteiger partial charge in [0.25, 0.3) is 0 Å². The van der Waals surface area contributed by atoms with Crippen LogP contribution in [0, 0.1) is 0 Å². The highest BCUT2D eigenvalue weighted by Crippen LogP contribution is 2.22. The van der Waals surface area contributed by atoms with Gasteiger partial charge >= 0.3 is 0 Å². The van der Waals surface area contributed by atoms with Crippen molar-refractivity contribution in [2.45, 2.75) is 52.0 Å². The van der Waals surface area contributed by atoms with E-state index in [1.54, 1.807) is 6.20 Å². The summed E-state index contributed by atoms with van der Waals surface area (Å²) in [6, 6.07) is 0. The fraction of sp³-hybridized carbons (Fsp3) is 0.727. The second-order valence-corrected chi connectivity index (χ2v) is 4.63. The number of aliphatic imine (C=N–C) groups is 1. The van der Waals surface area contributed by atoms with Gasteiger partial charge < -0.3 is 5.73 Å². The van der Waals surface area contributed by atoms with Gasteiger partial charge in [-0.3, -0.25) is 4.99 Å². The first-order chi connectivity index (χ1) is 6.03. The Bertz CT molecular complexity index is 231. The zero-order valence-electron chi connectivity index (χ0n) is 8.93. The summed E-state index contributed by atoms with van der Waals surface area (Å²) < 4.78 is 0. The number of hydrogen-bond donors (Lipinski definition) is 1. The lowest BCUT2D eigenvalue weighted by molar-refractivity contribution is 0.576. The molecule has 2 heteroatoms. The molecule has 0 atom stereocenters. The molecule has 74 valence electrons. The second-order valence-electron chi connectivity index (χ2n) is 4.63. The molecule has 2 N–H and O–H groups in total. The Morgan fingerprint density at radius 1 is 1.23 bits per heavy atom. The average molecular weight is 180 g/mol. The van der Waals surface area contributed by atoms with Gasteiger partial charge in [0.05, 0.1) is 5.54 Å². The number of nitrogens with zero attached hydrogens (tertiary/aromatic N) is 1. The first kappa shape index (κ1) is 10.3. The molecule has 1 aliphatic rings. The molecule has 1 fully saturated rings. The minimum atomic E-state index is 0.0287. The molecule has 0 spiro atoms. The normalized spacial score (nSPS) is 25.5. The minimum absolute atomic E-state index is 0.0287. The quantitative estimate of drug-likeness (QED) is 0.611. The van der Waals surface area contributed by atoms with Crippen molar-refractivity contribution in [2.75, 3.05) is 0 Å². The Kier molecular flexibility index (Phi) is 3.12. The van der Waals surface area contributed by atoms with Crippen molar-refractivity contribution in [3.8, 4) is 0 Å². The standard InChI is InChI=1S/C11H20N2/c1-11(2,3)13-10-7-5-4-6-9(10)8-12/h8H,4-7,12H2,1-3H3. The highest BCUT2D eigenvalue weighted by atomic mass is 14.8. The van der Waals surface area contributed by atoms with Crippen molar-refractivity contribution >= 4 is 5.71 Å². The van der Waals surface area contributed by atoms with E-state index in [0.29, 0.717) is 0 Å². The lowest BCUT2D eigenvalue weighted by Crippen LogP contribution is -2.18. The predicted molar refractivity (Wildman–Crippen MR) is 57.9 cm³/mol. The Morgan fingerprint density at radius 2 is 1.85 bits per heavy atom. The van der Waals surface area contributed by atoms with E-state index in [4.69, 9.17) is 5.73 Å². The van der Waals surface area contributed by atoms with E-state index in [1.165, 1.54) is 24.1 Å². The molecule has 0 aliphatic heterocycles. The van der Waals surface area contributed by atoms with E-state index in [9.17, 15) is 0 Å². The summed E-state index contributed by atoms with van der Waals surface area (Å²) >= 11 is 0. The van der Waals surface area contributed by atoms with E-state index in [1.807, 2.05) is 0 Å². The maximum absolute atomic E-state index is 5.57. The Balaban J connectivity index is 2.82. The van der Waals surface area contributed by atoms with Gasteiger partial charge in [0, 0.05) is 5.71 Å². The van der Waals surface area contributed by atoms with Gasteiger partial charge in [0.15, 0.2) is 0 Å². The van der Waals surface area contributed by atoms with E-state index in [2.05, 4.69) is 25.8 Å². The largest absolute Gasteiger partial charge is 0.404 e. The van der Waals surface area contributed by atoms with Crippen LogP contribution in [0.4, 0.5) is 0 Å². The zero-order chi connectivity index (χ0) is 9.90. The first-order valence-electron chi connectivity index (χ1n) is 5.03. The molecule has 0 unspecified atom stereocenters. The van der Waals surface area contributed by atoms with Crippen LogP contribution in [0.2, 0.25) is 0 Å². The van der Waals surface area contributed by atoms with Crippen molar-refractivity contribution in [3.05, 3.63) is 11.8 Å². The fourth-order valence-corrected chi connectivity index (χ4v) is 1.62. The predicted octanol–water partition coefficient (Wildman–Crippen LogP) is 2.64. The summed E-state index contributed by atoms with van der Waals surface area (Å²) in [7, 11) is 0. The van der Waals surface area contributed by atoms with Crippen LogP contribution >= 0.6 is 0 Å². The molecule has 0 aromatic heterocycles. The topological polar surface area (TPSA) is 38.4 Å². The molecule has 1 aliphatic carbocycles. The van der Waals surface area contributed by atoms with Gasteiger partial charge in [-0.05, 0) is 58.2 Å². The molecule has 0 amide bonds. The molecular weight excluding hydrogens is 160 g/mol. The molecule has 13 heavy (non-hydrogen) atoms. The number of hydrogen-bond acceptors (Lipinski definition) is 2. The van der Waals surface area contributed by atoms with Crippen molar-refractivity contribution < 1.29 is 0 Å². The van der Waals surface area contributed by atoms with Crippen LogP contribution in [0.5, 0.6) is 0 Å². The molecule has 0 saturated heterocycles. The van der Waals surface area contributed by atoms with Crippen LogP contribution in [0.15, 0.2) is 16.8 Å². The van der Waals surface area contributed by atoms with Crippen LogP contribution in [0.1, 0.15) is 46.5 Å². The maximum Gasteiger partial charge on any atom is 0.0527 e. The van der Waals surface area contributed by atoms with Gasteiger partial charge in [0.2, 0.25) is 0 Å². The number of rotatable bonds is 0. The molecule has 0 bridgehead atoms. The van der Waals surface area contributed by atoms with Crippen LogP contribution in [-0.4, -0.2) is 11.3 Å². The lowest BCUT2D eigenvalue weighted by atomic mass is 9.92. The number of allylic oxidation sites excluding steroid dienone is 1. The maximum atomic E-state index is 5.57. The summed E-state index contributed by atoms with van der Waals surface area (Å²) in [5.41, 5.74) is 8.07. The van der Waals surface area contributed by atoms with Crippen molar-refractivity contribution in [3.63, 3.8) is 0 Å². The monoisotopic (exact) mass is 180 g/mol.